The Morgan fingerprint density at radius 2 is 1.91 bits per heavy atom. The summed E-state index contributed by atoms with van der Waals surface area (Å²) in [5, 5.41) is 1.13. The van der Waals surface area contributed by atoms with Crippen molar-refractivity contribution < 1.29 is 4.79 Å². The van der Waals surface area contributed by atoms with Crippen LogP contribution in [0.4, 0.5) is 0 Å². The van der Waals surface area contributed by atoms with E-state index in [-0.39, 0.29) is 5.91 Å². The number of amides is 1. The Balaban J connectivity index is 1.74. The predicted octanol–water partition coefficient (Wildman–Crippen LogP) is 2.81. The SMILES string of the molecule is C=C(C)CN1CCN(C(=O)c2[nH]c3ccccc3c2C)CC1. The van der Waals surface area contributed by atoms with Crippen molar-refractivity contribution in [3.05, 3.63) is 47.7 Å². The minimum Gasteiger partial charge on any atom is -0.350 e. The van der Waals surface area contributed by atoms with Crippen LogP contribution < -0.4 is 0 Å². The Bertz CT molecular complexity index is 708. The normalized spacial score (nSPS) is 16.2. The molecular formula is C18H23N3O. The molecular weight excluding hydrogens is 274 g/mol. The lowest BCUT2D eigenvalue weighted by atomic mass is 10.1. The van der Waals surface area contributed by atoms with Crippen molar-refractivity contribution in [2.45, 2.75) is 13.8 Å². The zero-order valence-electron chi connectivity index (χ0n) is 13.4. The average molecular weight is 297 g/mol. The molecule has 0 spiro atoms. The highest BCUT2D eigenvalue weighted by molar-refractivity contribution is 6.00. The van der Waals surface area contributed by atoms with Crippen LogP contribution in [0.2, 0.25) is 0 Å². The molecule has 116 valence electrons. The van der Waals surface area contributed by atoms with Crippen LogP contribution in [0.15, 0.2) is 36.4 Å². The lowest BCUT2D eigenvalue weighted by molar-refractivity contribution is 0.0642. The van der Waals surface area contributed by atoms with Crippen LogP contribution in [0.1, 0.15) is 23.0 Å². The molecule has 1 aliphatic heterocycles. The summed E-state index contributed by atoms with van der Waals surface area (Å²) in [4.78, 5) is 20.4. The highest BCUT2D eigenvalue weighted by atomic mass is 16.2. The lowest BCUT2D eigenvalue weighted by Crippen LogP contribution is -2.49. The highest BCUT2D eigenvalue weighted by Gasteiger charge is 2.24. The van der Waals surface area contributed by atoms with Crippen molar-refractivity contribution in [1.82, 2.24) is 14.8 Å². The number of hydrogen-bond acceptors (Lipinski definition) is 2. The van der Waals surface area contributed by atoms with Crippen molar-refractivity contribution in [2.24, 2.45) is 0 Å². The monoisotopic (exact) mass is 297 g/mol. The number of rotatable bonds is 3. The average Bonchev–Trinajstić information content (AvgIpc) is 2.84. The summed E-state index contributed by atoms with van der Waals surface area (Å²) in [7, 11) is 0. The molecule has 1 fully saturated rings. The maximum Gasteiger partial charge on any atom is 0.270 e. The molecule has 0 bridgehead atoms. The molecule has 0 radical (unpaired) electrons. The molecule has 1 aliphatic rings. The van der Waals surface area contributed by atoms with Crippen LogP contribution >= 0.6 is 0 Å². The summed E-state index contributed by atoms with van der Waals surface area (Å²) in [6, 6.07) is 8.07. The Labute approximate surface area is 131 Å². The summed E-state index contributed by atoms with van der Waals surface area (Å²) >= 11 is 0. The van der Waals surface area contributed by atoms with Crippen molar-refractivity contribution in [3.63, 3.8) is 0 Å². The van der Waals surface area contributed by atoms with E-state index in [2.05, 4.69) is 22.5 Å². The van der Waals surface area contributed by atoms with E-state index in [1.165, 1.54) is 5.57 Å². The smallest absolute Gasteiger partial charge is 0.270 e. The van der Waals surface area contributed by atoms with E-state index in [1.54, 1.807) is 0 Å². The zero-order chi connectivity index (χ0) is 15.7. The number of H-pyrrole nitrogens is 1. The fraction of sp³-hybridized carbons (Fsp3) is 0.389. The number of carbonyl (C=O) groups excluding carboxylic acids is 1. The number of piperazine rings is 1. The van der Waals surface area contributed by atoms with Crippen LogP contribution in [0.3, 0.4) is 0 Å². The molecule has 4 heteroatoms. The Morgan fingerprint density at radius 1 is 1.23 bits per heavy atom. The first-order valence-electron chi connectivity index (χ1n) is 7.79. The number of nitrogens with one attached hydrogen (secondary N) is 1. The largest absolute Gasteiger partial charge is 0.350 e. The number of aromatic amines is 1. The summed E-state index contributed by atoms with van der Waals surface area (Å²) in [6.45, 7) is 12.3. The number of benzene rings is 1. The van der Waals surface area contributed by atoms with Crippen molar-refractivity contribution in [1.29, 1.82) is 0 Å². The molecule has 22 heavy (non-hydrogen) atoms. The van der Waals surface area contributed by atoms with Crippen LogP contribution in [-0.4, -0.2) is 53.4 Å². The number of aryl methyl sites for hydroxylation is 1. The molecule has 3 rings (SSSR count). The van der Waals surface area contributed by atoms with E-state index in [9.17, 15) is 4.79 Å². The molecule has 0 saturated carbocycles. The van der Waals surface area contributed by atoms with E-state index in [4.69, 9.17) is 0 Å². The quantitative estimate of drug-likeness (QED) is 0.885. The first-order valence-corrected chi connectivity index (χ1v) is 7.79. The maximum atomic E-state index is 12.8. The van der Waals surface area contributed by atoms with Crippen molar-refractivity contribution in [3.8, 4) is 0 Å². The van der Waals surface area contributed by atoms with E-state index in [1.807, 2.05) is 36.9 Å². The minimum absolute atomic E-state index is 0.115. The Hall–Kier alpha value is -2.07. The summed E-state index contributed by atoms with van der Waals surface area (Å²) in [5.41, 5.74) is 3.98. The van der Waals surface area contributed by atoms with Gasteiger partial charge in [0.2, 0.25) is 0 Å². The van der Waals surface area contributed by atoms with Crippen LogP contribution in [0.25, 0.3) is 10.9 Å². The molecule has 1 amide bonds. The van der Waals surface area contributed by atoms with Crippen molar-refractivity contribution in [2.75, 3.05) is 32.7 Å². The third-order valence-corrected chi connectivity index (χ3v) is 4.33. The van der Waals surface area contributed by atoms with E-state index >= 15 is 0 Å². The van der Waals surface area contributed by atoms with Crippen LogP contribution in [0, 0.1) is 6.92 Å². The first-order chi connectivity index (χ1) is 10.6. The summed E-state index contributed by atoms with van der Waals surface area (Å²) < 4.78 is 0. The maximum absolute atomic E-state index is 12.8. The topological polar surface area (TPSA) is 39.3 Å². The molecule has 2 heterocycles. The molecule has 4 nitrogen and oxygen atoms in total. The molecule has 1 aromatic carbocycles. The molecule has 0 atom stereocenters. The Morgan fingerprint density at radius 3 is 2.55 bits per heavy atom. The van der Waals surface area contributed by atoms with E-state index in [0.717, 1.165) is 54.9 Å². The van der Waals surface area contributed by atoms with Gasteiger partial charge < -0.3 is 9.88 Å². The van der Waals surface area contributed by atoms with Crippen LogP contribution in [0.5, 0.6) is 0 Å². The van der Waals surface area contributed by atoms with Gasteiger partial charge in [-0.1, -0.05) is 30.4 Å². The molecule has 1 N–H and O–H groups in total. The molecule has 0 aliphatic carbocycles. The number of nitrogens with zero attached hydrogens (tertiary/aromatic N) is 2. The van der Waals surface area contributed by atoms with Gasteiger partial charge in [-0.2, -0.15) is 0 Å². The van der Waals surface area contributed by atoms with Gasteiger partial charge in [-0.25, -0.2) is 0 Å². The third-order valence-electron chi connectivity index (χ3n) is 4.33. The second kappa shape index (κ2) is 5.97. The van der Waals surface area contributed by atoms with Crippen LogP contribution in [-0.2, 0) is 0 Å². The standard InChI is InChI=1S/C18H23N3O/c1-13(2)12-20-8-10-21(11-9-20)18(22)17-14(3)15-6-4-5-7-16(15)19-17/h4-7,19H,1,8-12H2,2-3H3. The minimum atomic E-state index is 0.115. The van der Waals surface area contributed by atoms with E-state index in [0.29, 0.717) is 0 Å². The molecule has 0 unspecified atom stereocenters. The van der Waals surface area contributed by atoms with Gasteiger partial charge >= 0.3 is 0 Å². The molecule has 2 aromatic rings. The van der Waals surface area contributed by atoms with Gasteiger partial charge in [0.25, 0.3) is 5.91 Å². The molecule has 1 saturated heterocycles. The summed E-state index contributed by atoms with van der Waals surface area (Å²) in [5.74, 6) is 0.115. The van der Waals surface area contributed by atoms with E-state index < -0.39 is 0 Å². The number of fused-ring (bicyclic) bond motifs is 1. The van der Waals surface area contributed by atoms with Gasteiger partial charge in [0, 0.05) is 43.6 Å². The third kappa shape index (κ3) is 2.79. The second-order valence-electron chi connectivity index (χ2n) is 6.20. The zero-order valence-corrected chi connectivity index (χ0v) is 13.4. The predicted molar refractivity (Wildman–Crippen MR) is 90.2 cm³/mol. The highest BCUT2D eigenvalue weighted by Crippen LogP contribution is 2.22. The van der Waals surface area contributed by atoms with Gasteiger partial charge in [-0.3, -0.25) is 9.69 Å². The van der Waals surface area contributed by atoms with Gasteiger partial charge in [-0.15, -0.1) is 0 Å². The Kier molecular flexibility index (Phi) is 4.03. The first kappa shape index (κ1) is 14.9. The number of carbonyl (C=O) groups is 1. The lowest BCUT2D eigenvalue weighted by Gasteiger charge is -2.34. The fourth-order valence-electron chi connectivity index (χ4n) is 3.14. The number of para-hydroxylation sites is 1. The molecule has 1 aromatic heterocycles. The number of hydrogen-bond donors (Lipinski definition) is 1. The van der Waals surface area contributed by atoms with Gasteiger partial charge in [-0.05, 0) is 25.5 Å². The fourth-order valence-corrected chi connectivity index (χ4v) is 3.14. The number of aromatic nitrogens is 1. The second-order valence-corrected chi connectivity index (χ2v) is 6.20. The van der Waals surface area contributed by atoms with Gasteiger partial charge in [0.1, 0.15) is 5.69 Å². The van der Waals surface area contributed by atoms with Gasteiger partial charge in [0.05, 0.1) is 0 Å². The summed E-state index contributed by atoms with van der Waals surface area (Å²) in [6.07, 6.45) is 0. The van der Waals surface area contributed by atoms with Crippen molar-refractivity contribution >= 4 is 16.8 Å². The van der Waals surface area contributed by atoms with Gasteiger partial charge in [0.15, 0.2) is 0 Å².